The SMILES string of the molecule is CNC(CCC1CCCC1)Cc1ccc(C)cn1. The maximum absolute atomic E-state index is 4.51. The third-order valence-corrected chi connectivity index (χ3v) is 4.23. The van der Waals surface area contributed by atoms with Crippen LogP contribution in [0.4, 0.5) is 0 Å². The minimum Gasteiger partial charge on any atom is -0.317 e. The van der Waals surface area contributed by atoms with Gasteiger partial charge in [0, 0.05) is 24.4 Å². The number of hydrogen-bond donors (Lipinski definition) is 1. The monoisotopic (exact) mass is 246 g/mol. The molecule has 0 saturated heterocycles. The van der Waals surface area contributed by atoms with Crippen molar-refractivity contribution in [3.05, 3.63) is 29.6 Å². The van der Waals surface area contributed by atoms with Gasteiger partial charge in [0.05, 0.1) is 0 Å². The first-order valence-corrected chi connectivity index (χ1v) is 7.36. The van der Waals surface area contributed by atoms with E-state index in [1.807, 2.05) is 6.20 Å². The lowest BCUT2D eigenvalue weighted by Gasteiger charge is -2.18. The van der Waals surface area contributed by atoms with E-state index in [9.17, 15) is 0 Å². The first-order valence-electron chi connectivity index (χ1n) is 7.36. The summed E-state index contributed by atoms with van der Waals surface area (Å²) in [5.41, 5.74) is 2.46. The normalized spacial score (nSPS) is 18.1. The molecule has 1 aliphatic carbocycles. The smallest absolute Gasteiger partial charge is 0.0419 e. The van der Waals surface area contributed by atoms with Crippen LogP contribution in [0.15, 0.2) is 18.3 Å². The molecule has 1 heterocycles. The Labute approximate surface area is 111 Å². The first kappa shape index (κ1) is 13.5. The van der Waals surface area contributed by atoms with Gasteiger partial charge in [0.1, 0.15) is 0 Å². The van der Waals surface area contributed by atoms with Crippen LogP contribution in [0.3, 0.4) is 0 Å². The number of nitrogens with one attached hydrogen (secondary N) is 1. The summed E-state index contributed by atoms with van der Waals surface area (Å²) in [6, 6.07) is 4.90. The Morgan fingerprint density at radius 1 is 1.33 bits per heavy atom. The van der Waals surface area contributed by atoms with Crippen LogP contribution in [0.1, 0.15) is 49.8 Å². The zero-order chi connectivity index (χ0) is 12.8. The van der Waals surface area contributed by atoms with Crippen LogP contribution in [0.25, 0.3) is 0 Å². The topological polar surface area (TPSA) is 24.9 Å². The Morgan fingerprint density at radius 3 is 2.72 bits per heavy atom. The first-order chi connectivity index (χ1) is 8.78. The number of rotatable bonds is 6. The maximum atomic E-state index is 4.51. The quantitative estimate of drug-likeness (QED) is 0.831. The van der Waals surface area contributed by atoms with E-state index in [0.717, 1.165) is 12.3 Å². The van der Waals surface area contributed by atoms with Gasteiger partial charge in [-0.05, 0) is 44.4 Å². The lowest BCUT2D eigenvalue weighted by atomic mass is 9.96. The average molecular weight is 246 g/mol. The van der Waals surface area contributed by atoms with Crippen LogP contribution < -0.4 is 5.32 Å². The molecular weight excluding hydrogens is 220 g/mol. The van der Waals surface area contributed by atoms with Crippen molar-refractivity contribution in [2.45, 2.75) is 57.9 Å². The van der Waals surface area contributed by atoms with Crippen molar-refractivity contribution < 1.29 is 0 Å². The summed E-state index contributed by atoms with van der Waals surface area (Å²) in [4.78, 5) is 4.51. The van der Waals surface area contributed by atoms with Crippen molar-refractivity contribution in [3.63, 3.8) is 0 Å². The highest BCUT2D eigenvalue weighted by atomic mass is 14.9. The molecule has 1 aromatic heterocycles. The van der Waals surface area contributed by atoms with Gasteiger partial charge in [0.15, 0.2) is 0 Å². The standard InChI is InChI=1S/C16H26N2/c1-13-7-9-16(18-12-13)11-15(17-2)10-8-14-5-3-4-6-14/h7,9,12,14-15,17H,3-6,8,10-11H2,1-2H3. The van der Waals surface area contributed by atoms with Crippen molar-refractivity contribution in [1.82, 2.24) is 10.3 Å². The second kappa shape index (κ2) is 6.89. The van der Waals surface area contributed by atoms with Crippen LogP contribution in [0.5, 0.6) is 0 Å². The van der Waals surface area contributed by atoms with Gasteiger partial charge in [-0.15, -0.1) is 0 Å². The Bertz CT molecular complexity index is 339. The second-order valence-electron chi connectivity index (χ2n) is 5.74. The Morgan fingerprint density at radius 2 is 2.11 bits per heavy atom. The molecular formula is C16H26N2. The summed E-state index contributed by atoms with van der Waals surface area (Å²) in [6.07, 6.45) is 11.5. The summed E-state index contributed by atoms with van der Waals surface area (Å²) < 4.78 is 0. The number of aromatic nitrogens is 1. The highest BCUT2D eigenvalue weighted by Crippen LogP contribution is 2.29. The largest absolute Gasteiger partial charge is 0.317 e. The van der Waals surface area contributed by atoms with Gasteiger partial charge in [-0.1, -0.05) is 31.7 Å². The molecule has 0 radical (unpaired) electrons. The molecule has 0 bridgehead atoms. The zero-order valence-electron chi connectivity index (χ0n) is 11.8. The van der Waals surface area contributed by atoms with Crippen LogP contribution >= 0.6 is 0 Å². The molecule has 1 saturated carbocycles. The Kier molecular flexibility index (Phi) is 5.18. The third kappa shape index (κ3) is 4.09. The van der Waals surface area contributed by atoms with Crippen molar-refractivity contribution in [3.8, 4) is 0 Å². The number of pyridine rings is 1. The van der Waals surface area contributed by atoms with Gasteiger partial charge >= 0.3 is 0 Å². The predicted molar refractivity (Wildman–Crippen MR) is 76.7 cm³/mol. The lowest BCUT2D eigenvalue weighted by Crippen LogP contribution is -2.28. The van der Waals surface area contributed by atoms with E-state index in [1.54, 1.807) is 0 Å². The molecule has 0 spiro atoms. The van der Waals surface area contributed by atoms with E-state index in [0.29, 0.717) is 6.04 Å². The minimum absolute atomic E-state index is 0.584. The minimum atomic E-state index is 0.584. The predicted octanol–water partition coefficient (Wildman–Crippen LogP) is 3.49. The summed E-state index contributed by atoms with van der Waals surface area (Å²) in [7, 11) is 2.08. The molecule has 1 unspecified atom stereocenters. The van der Waals surface area contributed by atoms with E-state index in [4.69, 9.17) is 0 Å². The molecule has 0 aromatic carbocycles. The maximum Gasteiger partial charge on any atom is 0.0419 e. The molecule has 1 atom stereocenters. The fourth-order valence-corrected chi connectivity index (χ4v) is 2.96. The van der Waals surface area contributed by atoms with E-state index in [-0.39, 0.29) is 0 Å². The molecule has 2 rings (SSSR count). The fraction of sp³-hybridized carbons (Fsp3) is 0.688. The summed E-state index contributed by atoms with van der Waals surface area (Å²) in [6.45, 7) is 2.09. The molecule has 18 heavy (non-hydrogen) atoms. The number of aryl methyl sites for hydroxylation is 1. The van der Waals surface area contributed by atoms with E-state index in [2.05, 4.69) is 36.4 Å². The molecule has 1 N–H and O–H groups in total. The van der Waals surface area contributed by atoms with Gasteiger partial charge in [-0.3, -0.25) is 4.98 Å². The third-order valence-electron chi connectivity index (χ3n) is 4.23. The van der Waals surface area contributed by atoms with E-state index in [1.165, 1.54) is 49.8 Å². The van der Waals surface area contributed by atoms with Crippen LogP contribution in [0, 0.1) is 12.8 Å². The van der Waals surface area contributed by atoms with Gasteiger partial charge in [-0.2, -0.15) is 0 Å². The van der Waals surface area contributed by atoms with Crippen LogP contribution in [0.2, 0.25) is 0 Å². The summed E-state index contributed by atoms with van der Waals surface area (Å²) in [5.74, 6) is 0.992. The molecule has 1 fully saturated rings. The van der Waals surface area contributed by atoms with E-state index >= 15 is 0 Å². The van der Waals surface area contributed by atoms with Crippen LogP contribution in [-0.2, 0) is 6.42 Å². The molecule has 1 aliphatic rings. The number of nitrogens with zero attached hydrogens (tertiary/aromatic N) is 1. The van der Waals surface area contributed by atoms with Crippen molar-refractivity contribution >= 4 is 0 Å². The van der Waals surface area contributed by atoms with Crippen molar-refractivity contribution in [1.29, 1.82) is 0 Å². The summed E-state index contributed by atoms with van der Waals surface area (Å²) in [5, 5.41) is 3.45. The van der Waals surface area contributed by atoms with E-state index < -0.39 is 0 Å². The second-order valence-corrected chi connectivity index (χ2v) is 5.74. The lowest BCUT2D eigenvalue weighted by molar-refractivity contribution is 0.416. The highest BCUT2D eigenvalue weighted by Gasteiger charge is 2.17. The van der Waals surface area contributed by atoms with Gasteiger partial charge in [0.25, 0.3) is 0 Å². The zero-order valence-corrected chi connectivity index (χ0v) is 11.8. The Hall–Kier alpha value is -0.890. The molecule has 2 nitrogen and oxygen atoms in total. The van der Waals surface area contributed by atoms with Gasteiger partial charge in [0.2, 0.25) is 0 Å². The Balaban J connectivity index is 1.79. The molecule has 100 valence electrons. The van der Waals surface area contributed by atoms with Crippen molar-refractivity contribution in [2.75, 3.05) is 7.05 Å². The molecule has 1 aromatic rings. The van der Waals surface area contributed by atoms with Crippen LogP contribution in [-0.4, -0.2) is 18.1 Å². The van der Waals surface area contributed by atoms with Crippen molar-refractivity contribution in [2.24, 2.45) is 5.92 Å². The molecule has 0 aliphatic heterocycles. The fourth-order valence-electron chi connectivity index (χ4n) is 2.96. The molecule has 2 heteroatoms. The average Bonchev–Trinajstić information content (AvgIpc) is 2.90. The number of hydrogen-bond acceptors (Lipinski definition) is 2. The molecule has 0 amide bonds. The van der Waals surface area contributed by atoms with Gasteiger partial charge < -0.3 is 5.32 Å². The number of likely N-dealkylation sites (N-methyl/N-ethyl adjacent to an activating group) is 1. The highest BCUT2D eigenvalue weighted by molar-refractivity contribution is 5.13. The summed E-state index contributed by atoms with van der Waals surface area (Å²) >= 11 is 0. The van der Waals surface area contributed by atoms with Gasteiger partial charge in [-0.25, -0.2) is 0 Å².